The monoisotopic (exact) mass is 655 g/mol. The fourth-order valence-electron chi connectivity index (χ4n) is 3.96. The van der Waals surface area contributed by atoms with Crippen LogP contribution in [-0.2, 0) is 18.4 Å². The van der Waals surface area contributed by atoms with Gasteiger partial charge in [0.25, 0.3) is 12.3 Å². The van der Waals surface area contributed by atoms with Crippen LogP contribution in [0, 0.1) is 11.2 Å². The summed E-state index contributed by atoms with van der Waals surface area (Å²) >= 11 is 18.9. The lowest BCUT2D eigenvalue weighted by Gasteiger charge is -2.19. The molecule has 228 valence electrons. The third-order valence-corrected chi connectivity index (χ3v) is 7.28. The van der Waals surface area contributed by atoms with Crippen molar-refractivity contribution in [3.63, 3.8) is 0 Å². The number of rotatable bonds is 9. The predicted molar refractivity (Wildman–Crippen MR) is 163 cm³/mol. The Morgan fingerprint density at radius 1 is 1.07 bits per heavy atom. The number of aryl methyl sites for hydroxylation is 1. The summed E-state index contributed by atoms with van der Waals surface area (Å²) in [4.78, 5) is 30.0. The summed E-state index contributed by atoms with van der Waals surface area (Å²) in [7, 11) is 1.65. The Balaban J connectivity index is 1.69. The molecule has 2 amide bonds. The summed E-state index contributed by atoms with van der Waals surface area (Å²) in [6.07, 6.45) is -2.81. The van der Waals surface area contributed by atoms with E-state index in [-0.39, 0.29) is 56.0 Å². The van der Waals surface area contributed by atoms with Crippen LogP contribution in [0.25, 0.3) is 11.0 Å². The molecule has 0 bridgehead atoms. The Bertz CT molecular complexity index is 1710. The summed E-state index contributed by atoms with van der Waals surface area (Å²) in [6.45, 7) is 4.55. The summed E-state index contributed by atoms with van der Waals surface area (Å²) in [5.41, 5.74) is 0.707. The second-order valence-electron chi connectivity index (χ2n) is 10.6. The lowest BCUT2D eigenvalue weighted by molar-refractivity contribution is -0.128. The lowest BCUT2D eigenvalue weighted by atomic mass is 9.95. The number of nitrogens with zero attached hydrogens (tertiary/aromatic N) is 2. The molecule has 0 fully saturated rings. The van der Waals surface area contributed by atoms with Crippen LogP contribution in [-0.4, -0.2) is 34.4 Å². The van der Waals surface area contributed by atoms with E-state index < -0.39 is 30.2 Å². The number of anilines is 3. The number of amides is 2. The van der Waals surface area contributed by atoms with Crippen LogP contribution >= 0.6 is 34.8 Å². The third kappa shape index (κ3) is 7.46. The van der Waals surface area contributed by atoms with Crippen LogP contribution in [0.4, 0.5) is 30.5 Å². The number of benzene rings is 3. The van der Waals surface area contributed by atoms with Crippen molar-refractivity contribution in [3.8, 4) is 5.75 Å². The molecule has 43 heavy (non-hydrogen) atoms. The van der Waals surface area contributed by atoms with E-state index in [2.05, 4.69) is 20.9 Å². The molecule has 14 heteroatoms. The van der Waals surface area contributed by atoms with E-state index in [1.54, 1.807) is 44.5 Å². The van der Waals surface area contributed by atoms with Crippen molar-refractivity contribution in [1.82, 2.24) is 14.9 Å². The highest BCUT2D eigenvalue weighted by atomic mass is 35.5. The maximum Gasteiger partial charge on any atom is 0.272 e. The fourth-order valence-corrected chi connectivity index (χ4v) is 4.65. The quantitative estimate of drug-likeness (QED) is 0.170. The molecule has 0 atom stereocenters. The molecule has 0 aliphatic carbocycles. The molecule has 4 rings (SSSR count). The summed E-state index contributed by atoms with van der Waals surface area (Å²) in [6, 6.07) is 9.71. The first-order valence-corrected chi connectivity index (χ1v) is 14.0. The second kappa shape index (κ2) is 12.9. The van der Waals surface area contributed by atoms with Gasteiger partial charge in [0.05, 0.1) is 38.0 Å². The topological polar surface area (TPSA) is 97.3 Å². The molecule has 0 aliphatic rings. The molecule has 0 radical (unpaired) electrons. The van der Waals surface area contributed by atoms with Gasteiger partial charge >= 0.3 is 0 Å². The fraction of sp³-hybridized carbons (Fsp3) is 0.276. The number of hydrogen-bond donors (Lipinski definition) is 3. The van der Waals surface area contributed by atoms with E-state index >= 15 is 0 Å². The van der Waals surface area contributed by atoms with Gasteiger partial charge in [0.1, 0.15) is 18.2 Å². The van der Waals surface area contributed by atoms with E-state index in [9.17, 15) is 22.8 Å². The van der Waals surface area contributed by atoms with Gasteiger partial charge in [0.2, 0.25) is 11.9 Å². The molecule has 0 saturated heterocycles. The highest BCUT2D eigenvalue weighted by molar-refractivity contribution is 6.39. The largest absolute Gasteiger partial charge is 0.487 e. The molecule has 1 heterocycles. The molecule has 0 aliphatic heterocycles. The number of alkyl halides is 2. The average molecular weight is 657 g/mol. The molecule has 1 aromatic heterocycles. The Labute approximate surface area is 260 Å². The smallest absolute Gasteiger partial charge is 0.272 e. The number of halogens is 6. The number of fused-ring (bicyclic) bond motifs is 1. The van der Waals surface area contributed by atoms with Gasteiger partial charge in [-0.05, 0) is 35.9 Å². The van der Waals surface area contributed by atoms with E-state index in [4.69, 9.17) is 39.5 Å². The van der Waals surface area contributed by atoms with Gasteiger partial charge in [-0.25, -0.2) is 18.2 Å². The molecule has 0 saturated carbocycles. The minimum Gasteiger partial charge on any atom is -0.487 e. The molecular formula is C29H27Cl3F3N5O3. The van der Waals surface area contributed by atoms with Gasteiger partial charge in [0, 0.05) is 30.1 Å². The maximum absolute atomic E-state index is 14.3. The minimum absolute atomic E-state index is 0.131. The van der Waals surface area contributed by atoms with E-state index in [0.29, 0.717) is 16.8 Å². The molecule has 3 N–H and O–H groups in total. The Morgan fingerprint density at radius 3 is 2.44 bits per heavy atom. The van der Waals surface area contributed by atoms with Crippen LogP contribution in [0.3, 0.4) is 0 Å². The van der Waals surface area contributed by atoms with Crippen molar-refractivity contribution in [2.75, 3.05) is 17.2 Å². The van der Waals surface area contributed by atoms with Crippen molar-refractivity contribution >= 4 is 75.0 Å². The van der Waals surface area contributed by atoms with Gasteiger partial charge in [-0.3, -0.25) is 9.59 Å². The van der Waals surface area contributed by atoms with Crippen LogP contribution in [0.5, 0.6) is 5.75 Å². The number of hydrogen-bond acceptors (Lipinski definition) is 5. The molecule has 0 spiro atoms. The first-order chi connectivity index (χ1) is 20.1. The normalized spacial score (nSPS) is 11.6. The number of ether oxygens (including phenoxy) is 1. The van der Waals surface area contributed by atoms with Gasteiger partial charge in [-0.2, -0.15) is 0 Å². The van der Waals surface area contributed by atoms with Crippen molar-refractivity contribution in [2.45, 2.75) is 33.7 Å². The SMILES string of the molecule is Cn1c(Nc2c(Cl)ccc(CNC(=O)C(C)(C)C)c2Cl)nc2cc(C(=O)Nc3ccc(Cl)cc3F)c(OCC(F)F)cc21. The Hall–Kier alpha value is -3.67. The zero-order chi connectivity index (χ0) is 31.6. The molecule has 3 aromatic carbocycles. The Kier molecular flexibility index (Phi) is 9.68. The third-order valence-electron chi connectivity index (χ3n) is 6.30. The highest BCUT2D eigenvalue weighted by Crippen LogP contribution is 2.37. The van der Waals surface area contributed by atoms with E-state index in [1.165, 1.54) is 24.3 Å². The number of nitrogens with one attached hydrogen (secondary N) is 3. The predicted octanol–water partition coefficient (Wildman–Crippen LogP) is 7.97. The molecule has 8 nitrogen and oxygen atoms in total. The highest BCUT2D eigenvalue weighted by Gasteiger charge is 2.23. The molecular weight excluding hydrogens is 630 g/mol. The van der Waals surface area contributed by atoms with Gasteiger partial charge < -0.3 is 25.3 Å². The summed E-state index contributed by atoms with van der Waals surface area (Å²) in [5.74, 6) is -1.68. The lowest BCUT2D eigenvalue weighted by Crippen LogP contribution is -2.34. The van der Waals surface area contributed by atoms with Crippen LogP contribution in [0.1, 0.15) is 36.7 Å². The van der Waals surface area contributed by atoms with Gasteiger partial charge in [-0.1, -0.05) is 61.6 Å². The zero-order valence-corrected chi connectivity index (χ0v) is 25.7. The van der Waals surface area contributed by atoms with Gasteiger partial charge in [-0.15, -0.1) is 0 Å². The molecule has 4 aromatic rings. The number of carbonyl (C=O) groups excluding carboxylic acids is 2. The number of aromatic nitrogens is 2. The second-order valence-corrected chi connectivity index (χ2v) is 11.8. The van der Waals surface area contributed by atoms with Crippen LogP contribution in [0.15, 0.2) is 42.5 Å². The number of imidazole rings is 1. The van der Waals surface area contributed by atoms with Crippen LogP contribution in [0.2, 0.25) is 15.1 Å². The summed E-state index contributed by atoms with van der Waals surface area (Å²) in [5, 5.41) is 8.97. The standard InChI is InChI=1S/C29H27Cl3F3N5O3/c1-29(2,3)27(42)36-12-14-5-7-17(31)25(24(14)32)39-28-38-20-10-16(22(43-13-23(34)35)11-21(20)40(28)4)26(41)37-19-8-6-15(30)9-18(19)33/h5-11,23H,12-13H2,1-4H3,(H,36,42)(H,37,41)(H,38,39). The Morgan fingerprint density at radius 2 is 1.79 bits per heavy atom. The van der Waals surface area contributed by atoms with Crippen LogP contribution < -0.4 is 20.7 Å². The number of carbonyl (C=O) groups is 2. The first-order valence-electron chi connectivity index (χ1n) is 12.9. The zero-order valence-electron chi connectivity index (χ0n) is 23.4. The maximum atomic E-state index is 14.3. The minimum atomic E-state index is -2.81. The first kappa shape index (κ1) is 32.2. The van der Waals surface area contributed by atoms with E-state index in [1.807, 2.05) is 0 Å². The van der Waals surface area contributed by atoms with Gasteiger partial charge in [0.15, 0.2) is 0 Å². The summed E-state index contributed by atoms with van der Waals surface area (Å²) < 4.78 is 47.2. The average Bonchev–Trinajstić information content (AvgIpc) is 3.23. The van der Waals surface area contributed by atoms with Crippen molar-refractivity contribution in [3.05, 3.63) is 74.5 Å². The van der Waals surface area contributed by atoms with Crippen molar-refractivity contribution in [2.24, 2.45) is 12.5 Å². The van der Waals surface area contributed by atoms with E-state index in [0.717, 1.165) is 6.07 Å². The van der Waals surface area contributed by atoms with Crippen molar-refractivity contribution < 1.29 is 27.5 Å². The molecule has 0 unspecified atom stereocenters. The van der Waals surface area contributed by atoms with Crippen molar-refractivity contribution in [1.29, 1.82) is 0 Å².